The van der Waals surface area contributed by atoms with E-state index in [-0.39, 0.29) is 0 Å². The van der Waals surface area contributed by atoms with Crippen LogP contribution in [0.4, 0.5) is 0 Å². The third-order valence-corrected chi connectivity index (χ3v) is 1.89. The van der Waals surface area contributed by atoms with Gasteiger partial charge in [-0.2, -0.15) is 5.26 Å². The second kappa shape index (κ2) is 5.04. The molecule has 1 aromatic carbocycles. The minimum atomic E-state index is 0.724. The normalized spacial score (nSPS) is 11.6. The standard InChI is InChI=1S/C13H13N/c1-3-6-12-7-4-5-8-13(12)9-11(2)10-14/h3-9H,1-2H3/b6-3+,11-9+. The smallest absolute Gasteiger partial charge is 0.0944 e. The quantitative estimate of drug-likeness (QED) is 0.642. The van der Waals surface area contributed by atoms with Gasteiger partial charge in [-0.25, -0.2) is 0 Å². The molecule has 0 spiro atoms. The predicted octanol–water partition coefficient (Wildman–Crippen LogP) is 3.65. The zero-order valence-electron chi connectivity index (χ0n) is 8.49. The van der Waals surface area contributed by atoms with E-state index < -0.39 is 0 Å². The molecular weight excluding hydrogens is 170 g/mol. The number of hydrogen-bond donors (Lipinski definition) is 0. The minimum Gasteiger partial charge on any atom is -0.193 e. The van der Waals surface area contributed by atoms with Crippen LogP contribution < -0.4 is 0 Å². The Hall–Kier alpha value is -1.81. The van der Waals surface area contributed by atoms with E-state index in [0.717, 1.165) is 16.7 Å². The first-order valence-electron chi connectivity index (χ1n) is 4.58. The maximum absolute atomic E-state index is 8.68. The molecule has 70 valence electrons. The van der Waals surface area contributed by atoms with E-state index in [4.69, 9.17) is 5.26 Å². The molecule has 0 saturated heterocycles. The topological polar surface area (TPSA) is 23.8 Å². The molecule has 0 aliphatic heterocycles. The average molecular weight is 183 g/mol. The van der Waals surface area contributed by atoms with Crippen LogP contribution in [0, 0.1) is 11.3 Å². The second-order valence-corrected chi connectivity index (χ2v) is 3.07. The molecule has 0 aromatic heterocycles. The van der Waals surface area contributed by atoms with Crippen molar-refractivity contribution in [2.75, 3.05) is 0 Å². The number of nitrogens with zero attached hydrogens (tertiary/aromatic N) is 1. The lowest BCUT2D eigenvalue weighted by Crippen LogP contribution is -1.80. The number of hydrogen-bond acceptors (Lipinski definition) is 1. The van der Waals surface area contributed by atoms with Crippen molar-refractivity contribution in [3.8, 4) is 6.07 Å². The SMILES string of the molecule is C/C=C/c1ccccc1/C=C(\C)C#N. The van der Waals surface area contributed by atoms with Crippen molar-refractivity contribution in [1.29, 1.82) is 5.26 Å². The summed E-state index contributed by atoms with van der Waals surface area (Å²) >= 11 is 0. The monoisotopic (exact) mass is 183 g/mol. The lowest BCUT2D eigenvalue weighted by atomic mass is 10.1. The third-order valence-electron chi connectivity index (χ3n) is 1.89. The molecule has 0 heterocycles. The number of allylic oxidation sites excluding steroid dienone is 2. The lowest BCUT2D eigenvalue weighted by molar-refractivity contribution is 1.45. The molecule has 14 heavy (non-hydrogen) atoms. The van der Waals surface area contributed by atoms with Gasteiger partial charge in [0.25, 0.3) is 0 Å². The van der Waals surface area contributed by atoms with Crippen molar-refractivity contribution in [3.05, 3.63) is 47.0 Å². The molecule has 0 aliphatic carbocycles. The summed E-state index contributed by atoms with van der Waals surface area (Å²) in [5.41, 5.74) is 2.95. The van der Waals surface area contributed by atoms with E-state index in [0.29, 0.717) is 0 Å². The molecule has 0 fully saturated rings. The van der Waals surface area contributed by atoms with Crippen LogP contribution in [-0.4, -0.2) is 0 Å². The second-order valence-electron chi connectivity index (χ2n) is 3.07. The minimum absolute atomic E-state index is 0.724. The van der Waals surface area contributed by atoms with Crippen LogP contribution in [-0.2, 0) is 0 Å². The van der Waals surface area contributed by atoms with Crippen molar-refractivity contribution < 1.29 is 0 Å². The maximum atomic E-state index is 8.68. The highest BCUT2D eigenvalue weighted by atomic mass is 14.2. The Bertz CT molecular complexity index is 405. The molecule has 0 amide bonds. The van der Waals surface area contributed by atoms with Gasteiger partial charge in [-0.15, -0.1) is 0 Å². The zero-order valence-corrected chi connectivity index (χ0v) is 8.49. The van der Waals surface area contributed by atoms with Gasteiger partial charge < -0.3 is 0 Å². The van der Waals surface area contributed by atoms with Gasteiger partial charge in [0.1, 0.15) is 0 Å². The third kappa shape index (κ3) is 2.60. The predicted molar refractivity (Wildman–Crippen MR) is 60.4 cm³/mol. The Kier molecular flexibility index (Phi) is 3.69. The molecular formula is C13H13N. The van der Waals surface area contributed by atoms with E-state index in [2.05, 4.69) is 6.07 Å². The van der Waals surface area contributed by atoms with Crippen molar-refractivity contribution >= 4 is 12.2 Å². The van der Waals surface area contributed by atoms with Crippen molar-refractivity contribution in [2.45, 2.75) is 13.8 Å². The van der Waals surface area contributed by atoms with Crippen LogP contribution in [0.2, 0.25) is 0 Å². The van der Waals surface area contributed by atoms with Crippen LogP contribution >= 0.6 is 0 Å². The van der Waals surface area contributed by atoms with Crippen molar-refractivity contribution in [1.82, 2.24) is 0 Å². The van der Waals surface area contributed by atoms with Gasteiger partial charge in [0, 0.05) is 5.57 Å². The molecule has 0 aliphatic rings. The fraction of sp³-hybridized carbons (Fsp3) is 0.154. The number of benzene rings is 1. The fourth-order valence-corrected chi connectivity index (χ4v) is 1.24. The summed E-state index contributed by atoms with van der Waals surface area (Å²) in [5.74, 6) is 0. The van der Waals surface area contributed by atoms with Gasteiger partial charge in [0.15, 0.2) is 0 Å². The molecule has 0 unspecified atom stereocenters. The number of nitriles is 1. The van der Waals surface area contributed by atoms with Gasteiger partial charge in [0.2, 0.25) is 0 Å². The maximum Gasteiger partial charge on any atom is 0.0944 e. The molecule has 0 atom stereocenters. The summed E-state index contributed by atoms with van der Waals surface area (Å²) in [4.78, 5) is 0. The Morgan fingerprint density at radius 2 is 1.93 bits per heavy atom. The number of rotatable bonds is 2. The fourth-order valence-electron chi connectivity index (χ4n) is 1.24. The average Bonchev–Trinajstić information content (AvgIpc) is 2.21. The summed E-state index contributed by atoms with van der Waals surface area (Å²) in [7, 11) is 0. The van der Waals surface area contributed by atoms with Gasteiger partial charge >= 0.3 is 0 Å². The van der Waals surface area contributed by atoms with E-state index in [9.17, 15) is 0 Å². The molecule has 1 heteroatoms. The molecule has 0 N–H and O–H groups in total. The van der Waals surface area contributed by atoms with Gasteiger partial charge in [-0.05, 0) is 31.1 Å². The summed E-state index contributed by atoms with van der Waals surface area (Å²) in [6.45, 7) is 3.80. The molecule has 0 saturated carbocycles. The first kappa shape index (κ1) is 10.3. The molecule has 0 radical (unpaired) electrons. The first-order chi connectivity index (χ1) is 6.77. The first-order valence-corrected chi connectivity index (χ1v) is 4.58. The molecule has 0 bridgehead atoms. The van der Waals surface area contributed by atoms with E-state index >= 15 is 0 Å². The lowest BCUT2D eigenvalue weighted by Gasteiger charge is -1.99. The Labute approximate surface area is 85.0 Å². The molecule has 1 aromatic rings. The largest absolute Gasteiger partial charge is 0.193 e. The molecule has 1 nitrogen and oxygen atoms in total. The Balaban J connectivity index is 3.15. The highest BCUT2D eigenvalue weighted by Crippen LogP contribution is 2.14. The van der Waals surface area contributed by atoms with Crippen LogP contribution in [0.5, 0.6) is 0 Å². The van der Waals surface area contributed by atoms with Gasteiger partial charge in [-0.1, -0.05) is 36.4 Å². The zero-order chi connectivity index (χ0) is 10.4. The Morgan fingerprint density at radius 1 is 1.29 bits per heavy atom. The van der Waals surface area contributed by atoms with Crippen LogP contribution in [0.3, 0.4) is 0 Å². The van der Waals surface area contributed by atoms with Crippen LogP contribution in [0.1, 0.15) is 25.0 Å². The summed E-state index contributed by atoms with van der Waals surface area (Å²) in [5, 5.41) is 8.68. The Morgan fingerprint density at radius 3 is 2.50 bits per heavy atom. The summed E-state index contributed by atoms with van der Waals surface area (Å²) < 4.78 is 0. The van der Waals surface area contributed by atoms with E-state index in [1.54, 1.807) is 0 Å². The van der Waals surface area contributed by atoms with E-state index in [1.165, 1.54) is 0 Å². The van der Waals surface area contributed by atoms with Crippen molar-refractivity contribution in [2.24, 2.45) is 0 Å². The van der Waals surface area contributed by atoms with Gasteiger partial charge in [0.05, 0.1) is 6.07 Å². The van der Waals surface area contributed by atoms with Crippen LogP contribution in [0.15, 0.2) is 35.9 Å². The van der Waals surface area contributed by atoms with Gasteiger partial charge in [-0.3, -0.25) is 0 Å². The highest BCUT2D eigenvalue weighted by molar-refractivity contribution is 5.67. The summed E-state index contributed by atoms with van der Waals surface area (Å²) in [6, 6.07) is 10.1. The molecule has 1 rings (SSSR count). The highest BCUT2D eigenvalue weighted by Gasteiger charge is 1.94. The van der Waals surface area contributed by atoms with Crippen LogP contribution in [0.25, 0.3) is 12.2 Å². The van der Waals surface area contributed by atoms with E-state index in [1.807, 2.05) is 56.3 Å². The van der Waals surface area contributed by atoms with Crippen molar-refractivity contribution in [3.63, 3.8) is 0 Å². The summed E-state index contributed by atoms with van der Waals surface area (Å²) in [6.07, 6.45) is 5.93.